The quantitative estimate of drug-likeness (QED) is 0.670. The van der Waals surface area contributed by atoms with E-state index in [4.69, 9.17) is 0 Å². The molecule has 3 N–H and O–H groups in total. The summed E-state index contributed by atoms with van der Waals surface area (Å²) in [4.78, 5) is 12.5. The molecule has 1 atom stereocenters. The Morgan fingerprint density at radius 1 is 1.08 bits per heavy atom. The summed E-state index contributed by atoms with van der Waals surface area (Å²) in [5.41, 5.74) is 1.50. The summed E-state index contributed by atoms with van der Waals surface area (Å²) in [6, 6.07) is 13.2. The standard InChI is InChI=1S/C18H23N3O3S.ClH/c1-13-8-10-15(11-9-13)25(23,24)21-17-7-5-4-6-16(17)18(22)20-12-14(2)19-3;/h4-11,14,19,21H,12H2,1-3H3,(H,20,22);1H. The number of para-hydroxylation sites is 1. The second-order valence-corrected chi connectivity index (χ2v) is 7.55. The molecule has 26 heavy (non-hydrogen) atoms. The number of halogens is 1. The molecule has 8 heteroatoms. The summed E-state index contributed by atoms with van der Waals surface area (Å²) < 4.78 is 27.6. The van der Waals surface area contributed by atoms with Crippen LogP contribution in [0.5, 0.6) is 0 Å². The van der Waals surface area contributed by atoms with Gasteiger partial charge in [-0.05, 0) is 45.2 Å². The van der Waals surface area contributed by atoms with Crippen molar-refractivity contribution in [3.8, 4) is 0 Å². The Morgan fingerprint density at radius 2 is 1.69 bits per heavy atom. The molecule has 0 bridgehead atoms. The van der Waals surface area contributed by atoms with Gasteiger partial charge in [-0.15, -0.1) is 12.4 Å². The van der Waals surface area contributed by atoms with Crippen LogP contribution in [0.1, 0.15) is 22.8 Å². The third kappa shape index (κ3) is 5.72. The lowest BCUT2D eigenvalue weighted by molar-refractivity contribution is 0.0951. The highest BCUT2D eigenvalue weighted by atomic mass is 35.5. The van der Waals surface area contributed by atoms with E-state index in [0.29, 0.717) is 6.54 Å². The molecule has 0 saturated carbocycles. The van der Waals surface area contributed by atoms with Crippen molar-refractivity contribution in [2.24, 2.45) is 0 Å². The number of aryl methyl sites for hydroxylation is 1. The minimum absolute atomic E-state index is 0. The largest absolute Gasteiger partial charge is 0.350 e. The van der Waals surface area contributed by atoms with Crippen LogP contribution in [0.15, 0.2) is 53.4 Å². The molecule has 6 nitrogen and oxygen atoms in total. The van der Waals surface area contributed by atoms with Crippen LogP contribution < -0.4 is 15.4 Å². The summed E-state index contributed by atoms with van der Waals surface area (Å²) in [6.07, 6.45) is 0. The van der Waals surface area contributed by atoms with E-state index in [1.54, 1.807) is 43.4 Å². The van der Waals surface area contributed by atoms with Crippen molar-refractivity contribution in [3.05, 3.63) is 59.7 Å². The number of likely N-dealkylation sites (N-methyl/N-ethyl adjacent to an activating group) is 1. The number of amides is 1. The average molecular weight is 398 g/mol. The lowest BCUT2D eigenvalue weighted by Crippen LogP contribution is -2.37. The highest BCUT2D eigenvalue weighted by Crippen LogP contribution is 2.20. The lowest BCUT2D eigenvalue weighted by Gasteiger charge is -2.15. The van der Waals surface area contributed by atoms with Crippen molar-refractivity contribution in [1.82, 2.24) is 10.6 Å². The fourth-order valence-corrected chi connectivity index (χ4v) is 3.21. The highest BCUT2D eigenvalue weighted by molar-refractivity contribution is 7.92. The maximum absolute atomic E-state index is 12.5. The second kappa shape index (κ2) is 9.56. The molecule has 0 fully saturated rings. The Bertz CT molecular complexity index is 839. The number of sulfonamides is 1. The van der Waals surface area contributed by atoms with Gasteiger partial charge < -0.3 is 10.6 Å². The van der Waals surface area contributed by atoms with Gasteiger partial charge in [0.15, 0.2) is 0 Å². The third-order valence-corrected chi connectivity index (χ3v) is 5.19. The maximum atomic E-state index is 12.5. The predicted molar refractivity (Wildman–Crippen MR) is 107 cm³/mol. The topological polar surface area (TPSA) is 87.3 Å². The molecular weight excluding hydrogens is 374 g/mol. The summed E-state index contributed by atoms with van der Waals surface area (Å²) in [7, 11) is -1.96. The van der Waals surface area contributed by atoms with Crippen LogP contribution >= 0.6 is 12.4 Å². The summed E-state index contributed by atoms with van der Waals surface area (Å²) in [6.45, 7) is 4.26. The van der Waals surface area contributed by atoms with Gasteiger partial charge in [-0.3, -0.25) is 9.52 Å². The van der Waals surface area contributed by atoms with E-state index in [0.717, 1.165) is 5.56 Å². The van der Waals surface area contributed by atoms with Gasteiger partial charge in [-0.1, -0.05) is 29.8 Å². The summed E-state index contributed by atoms with van der Waals surface area (Å²) in [5.74, 6) is -0.329. The normalized spacial score (nSPS) is 12.0. The molecule has 2 rings (SSSR count). The fraction of sp³-hybridized carbons (Fsp3) is 0.278. The number of carbonyl (C=O) groups is 1. The van der Waals surface area contributed by atoms with Crippen LogP contribution in [-0.4, -0.2) is 34.0 Å². The average Bonchev–Trinajstić information content (AvgIpc) is 2.59. The van der Waals surface area contributed by atoms with Crippen molar-refractivity contribution in [2.75, 3.05) is 18.3 Å². The Hall–Kier alpha value is -2.09. The Kier molecular flexibility index (Phi) is 8.08. The molecule has 0 aliphatic rings. The van der Waals surface area contributed by atoms with Crippen molar-refractivity contribution >= 4 is 34.0 Å². The van der Waals surface area contributed by atoms with Crippen LogP contribution in [0.3, 0.4) is 0 Å². The molecule has 1 unspecified atom stereocenters. The smallest absolute Gasteiger partial charge is 0.261 e. The summed E-state index contributed by atoms with van der Waals surface area (Å²) in [5, 5.41) is 5.81. The first-order valence-corrected chi connectivity index (χ1v) is 9.46. The number of carbonyl (C=O) groups excluding carboxylic acids is 1. The first-order chi connectivity index (χ1) is 11.8. The van der Waals surface area contributed by atoms with Gasteiger partial charge in [0.2, 0.25) is 0 Å². The molecule has 0 aliphatic carbocycles. The van der Waals surface area contributed by atoms with Crippen LogP contribution in [0, 0.1) is 6.92 Å². The Labute approximate surface area is 160 Å². The van der Waals surface area contributed by atoms with Crippen LogP contribution in [0.2, 0.25) is 0 Å². The minimum Gasteiger partial charge on any atom is -0.350 e. The molecule has 0 saturated heterocycles. The van der Waals surface area contributed by atoms with Gasteiger partial charge in [0.1, 0.15) is 0 Å². The van der Waals surface area contributed by atoms with E-state index in [1.165, 1.54) is 12.1 Å². The predicted octanol–water partition coefficient (Wildman–Crippen LogP) is 2.56. The molecule has 0 aromatic heterocycles. The van der Waals surface area contributed by atoms with Gasteiger partial charge >= 0.3 is 0 Å². The number of hydrogen-bond donors (Lipinski definition) is 3. The molecule has 0 radical (unpaired) electrons. The van der Waals surface area contributed by atoms with Gasteiger partial charge in [0.05, 0.1) is 16.1 Å². The Morgan fingerprint density at radius 3 is 2.31 bits per heavy atom. The molecule has 2 aromatic carbocycles. The molecule has 1 amide bonds. The zero-order valence-electron chi connectivity index (χ0n) is 14.9. The molecule has 142 valence electrons. The van der Waals surface area contributed by atoms with E-state index in [2.05, 4.69) is 15.4 Å². The highest BCUT2D eigenvalue weighted by Gasteiger charge is 2.18. The van der Waals surface area contributed by atoms with Crippen molar-refractivity contribution in [1.29, 1.82) is 0 Å². The van der Waals surface area contributed by atoms with Crippen LogP contribution in [-0.2, 0) is 10.0 Å². The first kappa shape index (κ1) is 22.0. The molecule has 0 heterocycles. The molecule has 0 spiro atoms. The lowest BCUT2D eigenvalue weighted by atomic mass is 10.1. The van der Waals surface area contributed by atoms with Gasteiger partial charge in [-0.2, -0.15) is 0 Å². The number of benzene rings is 2. The Balaban J connectivity index is 0.00000338. The second-order valence-electron chi connectivity index (χ2n) is 5.86. The summed E-state index contributed by atoms with van der Waals surface area (Å²) >= 11 is 0. The number of nitrogens with one attached hydrogen (secondary N) is 3. The molecule has 2 aromatic rings. The zero-order valence-corrected chi connectivity index (χ0v) is 16.6. The minimum atomic E-state index is -3.76. The number of anilines is 1. The SMILES string of the molecule is CNC(C)CNC(=O)c1ccccc1NS(=O)(=O)c1ccc(C)cc1.Cl. The van der Waals surface area contributed by atoms with Gasteiger partial charge in [0, 0.05) is 12.6 Å². The monoisotopic (exact) mass is 397 g/mol. The van der Waals surface area contributed by atoms with Crippen molar-refractivity contribution in [2.45, 2.75) is 24.8 Å². The van der Waals surface area contributed by atoms with E-state index < -0.39 is 10.0 Å². The van der Waals surface area contributed by atoms with E-state index >= 15 is 0 Å². The molecule has 0 aliphatic heterocycles. The number of hydrogen-bond acceptors (Lipinski definition) is 4. The van der Waals surface area contributed by atoms with Crippen molar-refractivity contribution in [3.63, 3.8) is 0 Å². The van der Waals surface area contributed by atoms with E-state index in [-0.39, 0.29) is 40.5 Å². The van der Waals surface area contributed by atoms with Crippen LogP contribution in [0.25, 0.3) is 0 Å². The fourth-order valence-electron chi connectivity index (χ4n) is 2.13. The van der Waals surface area contributed by atoms with Crippen molar-refractivity contribution < 1.29 is 13.2 Å². The third-order valence-electron chi connectivity index (χ3n) is 3.81. The first-order valence-electron chi connectivity index (χ1n) is 7.97. The molecular formula is C18H24ClN3O3S. The maximum Gasteiger partial charge on any atom is 0.261 e. The van der Waals surface area contributed by atoms with Gasteiger partial charge in [0.25, 0.3) is 15.9 Å². The number of rotatable bonds is 7. The zero-order chi connectivity index (χ0) is 18.4. The van der Waals surface area contributed by atoms with Crippen LogP contribution in [0.4, 0.5) is 5.69 Å². The van der Waals surface area contributed by atoms with Gasteiger partial charge in [-0.25, -0.2) is 8.42 Å². The van der Waals surface area contributed by atoms with E-state index in [1.807, 2.05) is 13.8 Å². The van der Waals surface area contributed by atoms with E-state index in [9.17, 15) is 13.2 Å².